The number of rotatable bonds is 5. The second-order valence-corrected chi connectivity index (χ2v) is 7.29. The Hall–Kier alpha value is -2.02. The molecule has 0 bridgehead atoms. The van der Waals surface area contributed by atoms with Crippen LogP contribution in [0.1, 0.15) is 5.56 Å². The van der Waals surface area contributed by atoms with Crippen molar-refractivity contribution >= 4 is 21.4 Å². The molecule has 0 amide bonds. The van der Waals surface area contributed by atoms with E-state index in [0.29, 0.717) is 0 Å². The Labute approximate surface area is 133 Å². The molecule has 22 heavy (non-hydrogen) atoms. The molecule has 1 heterocycles. The van der Waals surface area contributed by atoms with Crippen LogP contribution < -0.4 is 4.72 Å². The summed E-state index contributed by atoms with van der Waals surface area (Å²) in [6, 6.07) is 16.0. The highest BCUT2D eigenvalue weighted by molar-refractivity contribution is 7.89. The summed E-state index contributed by atoms with van der Waals surface area (Å²) in [5.41, 5.74) is 1.85. The van der Waals surface area contributed by atoms with E-state index in [4.69, 9.17) is 0 Å². The Morgan fingerprint density at radius 2 is 1.73 bits per heavy atom. The van der Waals surface area contributed by atoms with Gasteiger partial charge >= 0.3 is 0 Å². The summed E-state index contributed by atoms with van der Waals surface area (Å²) in [6.45, 7) is 0.229. The SMILES string of the molecule is O=S(=O)(NCc1ccccc1-c1nccs1)c1ccccc1. The number of hydrogen-bond donors (Lipinski definition) is 1. The van der Waals surface area contributed by atoms with Gasteiger partial charge < -0.3 is 0 Å². The molecule has 3 aromatic rings. The molecule has 1 aromatic heterocycles. The summed E-state index contributed by atoms with van der Waals surface area (Å²) in [4.78, 5) is 4.56. The first kappa shape index (κ1) is 14.9. The Kier molecular flexibility index (Phi) is 4.33. The first-order valence-electron chi connectivity index (χ1n) is 6.69. The number of nitrogens with zero attached hydrogens (tertiary/aromatic N) is 1. The van der Waals surface area contributed by atoms with Crippen molar-refractivity contribution in [2.45, 2.75) is 11.4 Å². The molecule has 0 aliphatic rings. The Balaban J connectivity index is 1.83. The van der Waals surface area contributed by atoms with E-state index in [2.05, 4.69) is 9.71 Å². The lowest BCUT2D eigenvalue weighted by molar-refractivity contribution is 0.581. The third-order valence-electron chi connectivity index (χ3n) is 3.19. The van der Waals surface area contributed by atoms with Crippen LogP contribution in [0.5, 0.6) is 0 Å². The van der Waals surface area contributed by atoms with Gasteiger partial charge in [-0.1, -0.05) is 42.5 Å². The van der Waals surface area contributed by atoms with Crippen molar-refractivity contribution in [2.24, 2.45) is 0 Å². The second-order valence-electron chi connectivity index (χ2n) is 4.63. The van der Waals surface area contributed by atoms with Gasteiger partial charge in [-0.15, -0.1) is 11.3 Å². The van der Waals surface area contributed by atoms with Gasteiger partial charge in [0.15, 0.2) is 0 Å². The van der Waals surface area contributed by atoms with Gasteiger partial charge in [0.05, 0.1) is 4.90 Å². The molecule has 0 unspecified atom stereocenters. The van der Waals surface area contributed by atoms with E-state index < -0.39 is 10.0 Å². The Bertz CT molecular complexity index is 845. The lowest BCUT2D eigenvalue weighted by atomic mass is 10.1. The van der Waals surface area contributed by atoms with Gasteiger partial charge in [0.1, 0.15) is 5.01 Å². The van der Waals surface area contributed by atoms with Gasteiger partial charge in [-0.25, -0.2) is 18.1 Å². The van der Waals surface area contributed by atoms with Crippen LogP contribution in [0.25, 0.3) is 10.6 Å². The topological polar surface area (TPSA) is 59.1 Å². The molecule has 0 aliphatic heterocycles. The third-order valence-corrected chi connectivity index (χ3v) is 5.41. The highest BCUT2D eigenvalue weighted by Crippen LogP contribution is 2.25. The summed E-state index contributed by atoms with van der Waals surface area (Å²) in [6.07, 6.45) is 1.74. The molecule has 0 saturated heterocycles. The minimum Gasteiger partial charge on any atom is -0.245 e. The highest BCUT2D eigenvalue weighted by atomic mass is 32.2. The minimum absolute atomic E-state index is 0.229. The van der Waals surface area contributed by atoms with Crippen LogP contribution in [0, 0.1) is 0 Å². The molecule has 4 nitrogen and oxygen atoms in total. The molecule has 0 saturated carbocycles. The summed E-state index contributed by atoms with van der Waals surface area (Å²) in [5.74, 6) is 0. The smallest absolute Gasteiger partial charge is 0.240 e. The van der Waals surface area contributed by atoms with Crippen molar-refractivity contribution in [3.63, 3.8) is 0 Å². The molecule has 112 valence electrons. The zero-order valence-corrected chi connectivity index (χ0v) is 13.3. The fourth-order valence-corrected chi connectivity index (χ4v) is 3.82. The average molecular weight is 330 g/mol. The van der Waals surface area contributed by atoms with E-state index in [0.717, 1.165) is 16.1 Å². The zero-order valence-electron chi connectivity index (χ0n) is 11.6. The first-order chi connectivity index (χ1) is 10.7. The highest BCUT2D eigenvalue weighted by Gasteiger charge is 2.14. The maximum absolute atomic E-state index is 12.3. The van der Waals surface area contributed by atoms with Crippen molar-refractivity contribution in [1.82, 2.24) is 9.71 Å². The van der Waals surface area contributed by atoms with Gasteiger partial charge in [0.2, 0.25) is 10.0 Å². The summed E-state index contributed by atoms with van der Waals surface area (Å²) >= 11 is 1.53. The monoisotopic (exact) mass is 330 g/mol. The Morgan fingerprint density at radius 3 is 2.45 bits per heavy atom. The van der Waals surface area contributed by atoms with Crippen molar-refractivity contribution in [3.8, 4) is 10.6 Å². The fraction of sp³-hybridized carbons (Fsp3) is 0.0625. The van der Waals surface area contributed by atoms with Crippen LogP contribution in [0.15, 0.2) is 71.1 Å². The number of thiazole rings is 1. The van der Waals surface area contributed by atoms with Crippen LogP contribution in [-0.2, 0) is 16.6 Å². The van der Waals surface area contributed by atoms with Gasteiger partial charge in [-0.2, -0.15) is 0 Å². The molecular formula is C16H14N2O2S2. The van der Waals surface area contributed by atoms with Gasteiger partial charge in [-0.05, 0) is 17.7 Å². The van der Waals surface area contributed by atoms with Crippen LogP contribution in [0.2, 0.25) is 0 Å². The largest absolute Gasteiger partial charge is 0.245 e. The molecular weight excluding hydrogens is 316 g/mol. The molecule has 1 N–H and O–H groups in total. The number of hydrogen-bond acceptors (Lipinski definition) is 4. The van der Waals surface area contributed by atoms with Crippen molar-refractivity contribution in [3.05, 3.63) is 71.7 Å². The van der Waals surface area contributed by atoms with E-state index in [1.54, 1.807) is 36.5 Å². The molecule has 3 rings (SSSR count). The summed E-state index contributed by atoms with van der Waals surface area (Å²) in [5, 5.41) is 2.79. The Morgan fingerprint density at radius 1 is 1.00 bits per heavy atom. The molecule has 2 aromatic carbocycles. The number of benzene rings is 2. The lowest BCUT2D eigenvalue weighted by Crippen LogP contribution is -2.23. The first-order valence-corrected chi connectivity index (χ1v) is 9.05. The summed E-state index contributed by atoms with van der Waals surface area (Å²) in [7, 11) is -3.51. The van der Waals surface area contributed by atoms with Crippen LogP contribution in [0.3, 0.4) is 0 Å². The lowest BCUT2D eigenvalue weighted by Gasteiger charge is -2.09. The fourth-order valence-electron chi connectivity index (χ4n) is 2.10. The minimum atomic E-state index is -3.51. The molecule has 0 atom stereocenters. The van der Waals surface area contributed by atoms with Gasteiger partial charge in [0, 0.05) is 23.7 Å². The third kappa shape index (κ3) is 3.24. The van der Waals surface area contributed by atoms with E-state index in [-0.39, 0.29) is 11.4 Å². The quantitative estimate of drug-likeness (QED) is 0.781. The predicted octanol–water partition coefficient (Wildman–Crippen LogP) is 3.29. The normalized spacial score (nSPS) is 11.5. The molecule has 0 spiro atoms. The van der Waals surface area contributed by atoms with Crippen LogP contribution >= 0.6 is 11.3 Å². The van der Waals surface area contributed by atoms with Crippen molar-refractivity contribution in [2.75, 3.05) is 0 Å². The molecule has 0 radical (unpaired) electrons. The van der Waals surface area contributed by atoms with E-state index in [1.807, 2.05) is 29.6 Å². The maximum atomic E-state index is 12.3. The van der Waals surface area contributed by atoms with Crippen LogP contribution in [-0.4, -0.2) is 13.4 Å². The van der Waals surface area contributed by atoms with E-state index >= 15 is 0 Å². The van der Waals surface area contributed by atoms with Crippen molar-refractivity contribution < 1.29 is 8.42 Å². The summed E-state index contributed by atoms with van der Waals surface area (Å²) < 4.78 is 27.2. The number of aromatic nitrogens is 1. The van der Waals surface area contributed by atoms with Gasteiger partial charge in [-0.3, -0.25) is 0 Å². The maximum Gasteiger partial charge on any atom is 0.240 e. The number of nitrogens with one attached hydrogen (secondary N) is 1. The predicted molar refractivity (Wildman–Crippen MR) is 88.0 cm³/mol. The second kappa shape index (κ2) is 6.39. The standard InChI is InChI=1S/C16H14N2O2S2/c19-22(20,14-7-2-1-3-8-14)18-12-13-6-4-5-9-15(13)16-17-10-11-21-16/h1-11,18H,12H2. The van der Waals surface area contributed by atoms with Gasteiger partial charge in [0.25, 0.3) is 0 Å². The van der Waals surface area contributed by atoms with Crippen molar-refractivity contribution in [1.29, 1.82) is 0 Å². The molecule has 0 fully saturated rings. The number of sulfonamides is 1. The van der Waals surface area contributed by atoms with E-state index in [1.165, 1.54) is 11.3 Å². The van der Waals surface area contributed by atoms with E-state index in [9.17, 15) is 8.42 Å². The molecule has 6 heteroatoms. The average Bonchev–Trinajstić information content (AvgIpc) is 3.08. The zero-order chi connectivity index (χ0) is 15.4. The molecule has 0 aliphatic carbocycles. The van der Waals surface area contributed by atoms with Crippen LogP contribution in [0.4, 0.5) is 0 Å².